The Balaban J connectivity index is 2.31. The molecular weight excluding hydrogens is 323 g/mol. The van der Waals surface area contributed by atoms with Gasteiger partial charge in [0, 0.05) is 18.9 Å². The average molecular weight is 334 g/mol. The molecule has 80 valence electrons. The third-order valence-electron chi connectivity index (χ3n) is 2.24. The van der Waals surface area contributed by atoms with Gasteiger partial charge in [-0.3, -0.25) is 0 Å². The number of halogens is 1. The molecule has 0 aliphatic heterocycles. The number of hydrogen-bond acceptors (Lipinski definition) is 3. The lowest BCUT2D eigenvalue weighted by atomic mass is 10.2. The topological polar surface area (TPSA) is 38.0 Å². The molecule has 0 bridgehead atoms. The lowest BCUT2D eigenvalue weighted by Gasteiger charge is -2.10. The summed E-state index contributed by atoms with van der Waals surface area (Å²) in [5, 5.41) is 12.1. The molecule has 0 saturated carbocycles. The Morgan fingerprint density at radius 3 is 3.07 bits per heavy atom. The van der Waals surface area contributed by atoms with Crippen LogP contribution in [-0.4, -0.2) is 14.7 Å². The third kappa shape index (κ3) is 2.24. The van der Waals surface area contributed by atoms with Gasteiger partial charge in [-0.1, -0.05) is 0 Å². The molecule has 0 aliphatic carbocycles. The highest BCUT2D eigenvalue weighted by molar-refractivity contribution is 14.1. The standard InChI is InChI=1S/C10H11IN2OS/c1-2-13-4-3-12-10(13)9(14)7-5-8(11)15-6-7/h3-6,9,14H,2H2,1H3. The third-order valence-corrected chi connectivity index (χ3v) is 4.04. The van der Waals surface area contributed by atoms with Crippen LogP contribution in [0.3, 0.4) is 0 Å². The summed E-state index contributed by atoms with van der Waals surface area (Å²) in [5.41, 5.74) is 0.922. The fraction of sp³-hybridized carbons (Fsp3) is 0.300. The first-order valence-electron chi connectivity index (χ1n) is 4.65. The van der Waals surface area contributed by atoms with E-state index in [1.54, 1.807) is 17.5 Å². The highest BCUT2D eigenvalue weighted by atomic mass is 127. The van der Waals surface area contributed by atoms with Crippen LogP contribution in [0, 0.1) is 2.88 Å². The minimum atomic E-state index is -0.611. The number of rotatable bonds is 3. The summed E-state index contributed by atoms with van der Waals surface area (Å²) in [7, 11) is 0. The molecule has 2 heterocycles. The van der Waals surface area contributed by atoms with Gasteiger partial charge in [0.05, 0.1) is 2.88 Å². The Bertz CT molecular complexity index is 452. The Morgan fingerprint density at radius 2 is 2.47 bits per heavy atom. The minimum absolute atomic E-state index is 0.611. The Hall–Kier alpha value is -0.400. The van der Waals surface area contributed by atoms with Crippen LogP contribution in [0.1, 0.15) is 24.4 Å². The van der Waals surface area contributed by atoms with Crippen LogP contribution < -0.4 is 0 Å². The van der Waals surface area contributed by atoms with E-state index in [9.17, 15) is 5.11 Å². The van der Waals surface area contributed by atoms with Gasteiger partial charge in [-0.25, -0.2) is 4.98 Å². The minimum Gasteiger partial charge on any atom is -0.380 e. The van der Waals surface area contributed by atoms with E-state index in [0.717, 1.165) is 12.1 Å². The number of aliphatic hydroxyl groups excluding tert-OH is 1. The summed E-state index contributed by atoms with van der Waals surface area (Å²) in [6.45, 7) is 2.86. The Morgan fingerprint density at radius 1 is 1.67 bits per heavy atom. The molecule has 0 aromatic carbocycles. The van der Waals surface area contributed by atoms with Crippen molar-refractivity contribution in [2.45, 2.75) is 19.6 Å². The normalized spacial score (nSPS) is 13.0. The van der Waals surface area contributed by atoms with E-state index in [-0.39, 0.29) is 0 Å². The summed E-state index contributed by atoms with van der Waals surface area (Å²) in [4.78, 5) is 4.19. The predicted octanol–water partition coefficient (Wildman–Crippen LogP) is 2.65. The Kier molecular flexibility index (Phi) is 3.42. The van der Waals surface area contributed by atoms with Gasteiger partial charge in [-0.15, -0.1) is 11.3 Å². The van der Waals surface area contributed by atoms with Crippen molar-refractivity contribution >= 4 is 33.9 Å². The van der Waals surface area contributed by atoms with Crippen LogP contribution >= 0.6 is 33.9 Å². The molecule has 15 heavy (non-hydrogen) atoms. The predicted molar refractivity (Wildman–Crippen MR) is 69.0 cm³/mol. The van der Waals surface area contributed by atoms with Crippen molar-refractivity contribution in [3.05, 3.63) is 38.1 Å². The quantitative estimate of drug-likeness (QED) is 0.877. The number of aryl methyl sites for hydroxylation is 1. The Labute approximate surface area is 106 Å². The molecule has 0 spiro atoms. The molecule has 1 unspecified atom stereocenters. The summed E-state index contributed by atoms with van der Waals surface area (Å²) < 4.78 is 3.13. The highest BCUT2D eigenvalue weighted by Gasteiger charge is 2.16. The van der Waals surface area contributed by atoms with E-state index in [1.165, 1.54) is 2.88 Å². The van der Waals surface area contributed by atoms with Crippen molar-refractivity contribution in [1.82, 2.24) is 9.55 Å². The monoisotopic (exact) mass is 334 g/mol. The van der Waals surface area contributed by atoms with Crippen LogP contribution in [0.4, 0.5) is 0 Å². The number of imidazole rings is 1. The average Bonchev–Trinajstić information content (AvgIpc) is 2.84. The van der Waals surface area contributed by atoms with E-state index in [1.807, 2.05) is 29.1 Å². The van der Waals surface area contributed by atoms with Crippen LogP contribution in [0.25, 0.3) is 0 Å². The van der Waals surface area contributed by atoms with Crippen LogP contribution in [-0.2, 0) is 6.54 Å². The number of aliphatic hydroxyl groups is 1. The van der Waals surface area contributed by atoms with Gasteiger partial charge in [0.2, 0.25) is 0 Å². The fourth-order valence-corrected chi connectivity index (χ4v) is 2.84. The second-order valence-electron chi connectivity index (χ2n) is 3.16. The first kappa shape index (κ1) is 11.1. The maximum atomic E-state index is 10.1. The molecule has 5 heteroatoms. The smallest absolute Gasteiger partial charge is 0.142 e. The highest BCUT2D eigenvalue weighted by Crippen LogP contribution is 2.26. The van der Waals surface area contributed by atoms with Crippen molar-refractivity contribution in [2.75, 3.05) is 0 Å². The van der Waals surface area contributed by atoms with Gasteiger partial charge < -0.3 is 9.67 Å². The number of aromatic nitrogens is 2. The number of hydrogen-bond donors (Lipinski definition) is 1. The molecule has 0 fully saturated rings. The van der Waals surface area contributed by atoms with Crippen LogP contribution in [0.2, 0.25) is 0 Å². The summed E-state index contributed by atoms with van der Waals surface area (Å²) in [5.74, 6) is 0.715. The van der Waals surface area contributed by atoms with Gasteiger partial charge in [0.25, 0.3) is 0 Å². The lowest BCUT2D eigenvalue weighted by molar-refractivity contribution is 0.205. The molecule has 0 amide bonds. The van der Waals surface area contributed by atoms with Gasteiger partial charge >= 0.3 is 0 Å². The molecule has 0 aliphatic rings. The van der Waals surface area contributed by atoms with Crippen molar-refractivity contribution in [2.24, 2.45) is 0 Å². The van der Waals surface area contributed by atoms with E-state index >= 15 is 0 Å². The first-order chi connectivity index (χ1) is 7.22. The van der Waals surface area contributed by atoms with E-state index in [2.05, 4.69) is 27.6 Å². The molecular formula is C10H11IN2OS. The van der Waals surface area contributed by atoms with Crippen molar-refractivity contribution in [3.63, 3.8) is 0 Å². The summed E-state index contributed by atoms with van der Waals surface area (Å²) in [6, 6.07) is 1.99. The van der Waals surface area contributed by atoms with E-state index in [0.29, 0.717) is 5.82 Å². The molecule has 0 radical (unpaired) electrons. The fourth-order valence-electron chi connectivity index (χ4n) is 1.45. The van der Waals surface area contributed by atoms with Gasteiger partial charge in [-0.05, 0) is 46.5 Å². The zero-order valence-corrected chi connectivity index (χ0v) is 11.2. The molecule has 2 aromatic heterocycles. The van der Waals surface area contributed by atoms with Crippen molar-refractivity contribution in [1.29, 1.82) is 0 Å². The molecule has 1 atom stereocenters. The zero-order valence-electron chi connectivity index (χ0n) is 8.22. The molecule has 1 N–H and O–H groups in total. The van der Waals surface area contributed by atoms with Gasteiger partial charge in [0.1, 0.15) is 11.9 Å². The van der Waals surface area contributed by atoms with Gasteiger partial charge in [0.15, 0.2) is 0 Å². The largest absolute Gasteiger partial charge is 0.380 e. The maximum Gasteiger partial charge on any atom is 0.142 e. The van der Waals surface area contributed by atoms with Gasteiger partial charge in [-0.2, -0.15) is 0 Å². The zero-order chi connectivity index (χ0) is 10.8. The summed E-state index contributed by atoms with van der Waals surface area (Å²) in [6.07, 6.45) is 3.00. The molecule has 2 rings (SSSR count). The van der Waals surface area contributed by atoms with E-state index in [4.69, 9.17) is 0 Å². The van der Waals surface area contributed by atoms with Crippen LogP contribution in [0.15, 0.2) is 23.8 Å². The van der Waals surface area contributed by atoms with E-state index < -0.39 is 6.10 Å². The van der Waals surface area contributed by atoms with Crippen molar-refractivity contribution < 1.29 is 5.11 Å². The second-order valence-corrected chi connectivity index (χ2v) is 5.96. The SMILES string of the molecule is CCn1ccnc1C(O)c1csc(I)c1. The molecule has 3 nitrogen and oxygen atoms in total. The number of thiophene rings is 1. The maximum absolute atomic E-state index is 10.1. The number of nitrogens with zero attached hydrogens (tertiary/aromatic N) is 2. The first-order valence-corrected chi connectivity index (χ1v) is 6.61. The summed E-state index contributed by atoms with van der Waals surface area (Å²) >= 11 is 3.88. The van der Waals surface area contributed by atoms with Crippen molar-refractivity contribution in [3.8, 4) is 0 Å². The lowest BCUT2D eigenvalue weighted by Crippen LogP contribution is -2.07. The molecule has 0 saturated heterocycles. The second kappa shape index (κ2) is 4.63. The molecule has 2 aromatic rings. The van der Waals surface area contributed by atoms with Crippen LogP contribution in [0.5, 0.6) is 0 Å².